The van der Waals surface area contributed by atoms with Crippen LogP contribution in [0.3, 0.4) is 0 Å². The average molecular weight is 294 g/mol. The lowest BCUT2D eigenvalue weighted by atomic mass is 10.2. The van der Waals surface area contributed by atoms with E-state index in [1.54, 1.807) is 12.1 Å². The summed E-state index contributed by atoms with van der Waals surface area (Å²) in [6, 6.07) is 4.67. The molecule has 1 aromatic carbocycles. The summed E-state index contributed by atoms with van der Waals surface area (Å²) < 4.78 is 14.9. The molecule has 0 bridgehead atoms. The van der Waals surface area contributed by atoms with E-state index in [9.17, 15) is 9.90 Å². The van der Waals surface area contributed by atoms with Gasteiger partial charge in [-0.15, -0.1) is 0 Å². The van der Waals surface area contributed by atoms with Crippen LogP contribution >= 0.6 is 11.5 Å². The molecule has 0 unspecified atom stereocenters. The van der Waals surface area contributed by atoms with Gasteiger partial charge in [0, 0.05) is 17.5 Å². The van der Waals surface area contributed by atoms with Crippen molar-refractivity contribution in [2.45, 2.75) is 19.8 Å². The molecule has 7 heteroatoms. The minimum atomic E-state index is -1.09. The number of ether oxygens (including phenoxy) is 2. The highest BCUT2D eigenvalue weighted by atomic mass is 32.1. The smallest absolute Gasteiger partial charge is 0.339 e. The maximum absolute atomic E-state index is 11.2. The molecule has 0 spiro atoms. The Morgan fingerprint density at radius 1 is 1.40 bits per heavy atom. The first-order valence-corrected chi connectivity index (χ1v) is 6.72. The minimum Gasteiger partial charge on any atom is -0.493 e. The quantitative estimate of drug-likeness (QED) is 0.912. The number of nitrogens with zero attached hydrogens (tertiary/aromatic N) is 2. The Kier molecular flexibility index (Phi) is 4.19. The Labute approximate surface area is 120 Å². The second-order valence-corrected chi connectivity index (χ2v) is 5.03. The molecule has 0 fully saturated rings. The Hall–Kier alpha value is -2.15. The normalized spacial score (nSPS) is 10.6. The lowest BCUT2D eigenvalue weighted by molar-refractivity contribution is 0.0693. The van der Waals surface area contributed by atoms with Crippen molar-refractivity contribution in [2.75, 3.05) is 7.11 Å². The minimum absolute atomic E-state index is 0.0191. The van der Waals surface area contributed by atoms with E-state index in [0.29, 0.717) is 16.8 Å². The fraction of sp³-hybridized carbons (Fsp3) is 0.308. The second-order valence-electron chi connectivity index (χ2n) is 4.32. The molecule has 2 rings (SSSR count). The molecule has 6 nitrogen and oxygen atoms in total. The molecule has 106 valence electrons. The van der Waals surface area contributed by atoms with E-state index in [1.165, 1.54) is 13.2 Å². The molecule has 0 radical (unpaired) electrons. The third-order valence-electron chi connectivity index (χ3n) is 2.56. The summed E-state index contributed by atoms with van der Waals surface area (Å²) in [4.78, 5) is 15.4. The van der Waals surface area contributed by atoms with Gasteiger partial charge in [0.25, 0.3) is 5.19 Å². The number of carbonyl (C=O) groups is 1. The van der Waals surface area contributed by atoms with Gasteiger partial charge in [-0.2, -0.15) is 9.36 Å². The topological polar surface area (TPSA) is 81.5 Å². The average Bonchev–Trinajstić information content (AvgIpc) is 2.87. The molecule has 1 heterocycles. The van der Waals surface area contributed by atoms with Crippen LogP contribution in [0, 0.1) is 0 Å². The molecule has 1 N–H and O–H groups in total. The van der Waals surface area contributed by atoms with Gasteiger partial charge in [0.1, 0.15) is 11.4 Å². The van der Waals surface area contributed by atoms with Crippen molar-refractivity contribution in [3.8, 4) is 16.7 Å². The lowest BCUT2D eigenvalue weighted by Crippen LogP contribution is -2.02. The third-order valence-corrected chi connectivity index (χ3v) is 3.17. The number of hydrogen-bond donors (Lipinski definition) is 1. The maximum Gasteiger partial charge on any atom is 0.339 e. The largest absolute Gasteiger partial charge is 0.493 e. The second kappa shape index (κ2) is 5.87. The Morgan fingerprint density at radius 2 is 2.15 bits per heavy atom. The van der Waals surface area contributed by atoms with Crippen molar-refractivity contribution in [3.63, 3.8) is 0 Å². The van der Waals surface area contributed by atoms with Crippen LogP contribution in [0.2, 0.25) is 0 Å². The van der Waals surface area contributed by atoms with Gasteiger partial charge in [-0.25, -0.2) is 4.79 Å². The zero-order valence-corrected chi connectivity index (χ0v) is 12.1. The van der Waals surface area contributed by atoms with E-state index in [1.807, 2.05) is 13.8 Å². The van der Waals surface area contributed by atoms with Crippen LogP contribution in [-0.2, 0) is 0 Å². The van der Waals surface area contributed by atoms with E-state index >= 15 is 0 Å². The number of para-hydroxylation sites is 1. The number of carboxylic acid groups (broad SMARTS) is 1. The first kappa shape index (κ1) is 14.3. The number of methoxy groups -OCH3 is 1. The zero-order chi connectivity index (χ0) is 14.7. The molecule has 20 heavy (non-hydrogen) atoms. The summed E-state index contributed by atoms with van der Waals surface area (Å²) in [6.45, 7) is 3.94. The summed E-state index contributed by atoms with van der Waals surface area (Å²) in [5.41, 5.74) is 0.0191. The van der Waals surface area contributed by atoms with Crippen LogP contribution in [0.15, 0.2) is 18.2 Å². The summed E-state index contributed by atoms with van der Waals surface area (Å²) in [6.07, 6.45) is 0. The van der Waals surface area contributed by atoms with Crippen LogP contribution in [0.4, 0.5) is 0 Å². The monoisotopic (exact) mass is 294 g/mol. The van der Waals surface area contributed by atoms with Gasteiger partial charge in [-0.3, -0.25) is 0 Å². The molecular formula is C13H14N2O4S. The maximum atomic E-state index is 11.2. The van der Waals surface area contributed by atoms with Crippen molar-refractivity contribution in [2.24, 2.45) is 0 Å². The van der Waals surface area contributed by atoms with Crippen LogP contribution in [-0.4, -0.2) is 27.5 Å². The highest BCUT2D eigenvalue weighted by Gasteiger charge is 2.19. The van der Waals surface area contributed by atoms with Gasteiger partial charge in [0.05, 0.1) is 7.11 Å². The molecule has 0 amide bonds. The number of carboxylic acids is 1. The lowest BCUT2D eigenvalue weighted by Gasteiger charge is -2.10. The summed E-state index contributed by atoms with van der Waals surface area (Å²) in [5.74, 6) is 0.227. The van der Waals surface area contributed by atoms with Crippen LogP contribution in [0.5, 0.6) is 16.7 Å². The molecule has 1 aromatic heterocycles. The summed E-state index contributed by atoms with van der Waals surface area (Å²) >= 11 is 1.08. The van der Waals surface area contributed by atoms with E-state index < -0.39 is 5.97 Å². The van der Waals surface area contributed by atoms with Crippen molar-refractivity contribution in [1.82, 2.24) is 9.36 Å². The van der Waals surface area contributed by atoms with Gasteiger partial charge in [0.15, 0.2) is 11.5 Å². The fourth-order valence-corrected chi connectivity index (χ4v) is 2.21. The zero-order valence-electron chi connectivity index (χ0n) is 11.3. The molecule has 0 atom stereocenters. The number of rotatable bonds is 5. The number of aromatic carboxylic acids is 1. The van der Waals surface area contributed by atoms with Crippen molar-refractivity contribution in [3.05, 3.63) is 29.6 Å². The highest BCUT2D eigenvalue weighted by molar-refractivity contribution is 7.07. The van der Waals surface area contributed by atoms with Crippen molar-refractivity contribution >= 4 is 17.5 Å². The summed E-state index contributed by atoms with van der Waals surface area (Å²) in [7, 11) is 1.45. The number of benzene rings is 1. The van der Waals surface area contributed by atoms with Gasteiger partial charge in [-0.1, -0.05) is 19.9 Å². The Balaban J connectivity index is 2.38. The first-order valence-electron chi connectivity index (χ1n) is 5.94. The van der Waals surface area contributed by atoms with E-state index in [-0.39, 0.29) is 17.2 Å². The van der Waals surface area contributed by atoms with E-state index in [4.69, 9.17) is 9.47 Å². The van der Waals surface area contributed by atoms with Gasteiger partial charge in [0.2, 0.25) is 0 Å². The van der Waals surface area contributed by atoms with Crippen molar-refractivity contribution in [1.29, 1.82) is 0 Å². The molecule has 0 aliphatic carbocycles. The fourth-order valence-electron chi connectivity index (χ4n) is 1.53. The van der Waals surface area contributed by atoms with Gasteiger partial charge < -0.3 is 14.6 Å². The predicted octanol–water partition coefficient (Wildman–Crippen LogP) is 3.16. The van der Waals surface area contributed by atoms with Crippen molar-refractivity contribution < 1.29 is 19.4 Å². The van der Waals surface area contributed by atoms with E-state index in [2.05, 4.69) is 9.36 Å². The third kappa shape index (κ3) is 2.88. The standard InChI is InChI=1S/C13H14N2O4S/c1-7(2)11-14-13(20-15-11)19-10-8(12(16)17)5-4-6-9(10)18-3/h4-7H,1-3H3,(H,16,17). The SMILES string of the molecule is COc1cccc(C(=O)O)c1Oc1nc(C(C)C)ns1. The van der Waals surface area contributed by atoms with Crippen LogP contribution in [0.1, 0.15) is 35.9 Å². The van der Waals surface area contributed by atoms with Crippen LogP contribution in [0.25, 0.3) is 0 Å². The highest BCUT2D eigenvalue weighted by Crippen LogP contribution is 2.36. The Morgan fingerprint density at radius 3 is 2.70 bits per heavy atom. The number of hydrogen-bond acceptors (Lipinski definition) is 6. The molecule has 0 saturated heterocycles. The van der Waals surface area contributed by atoms with Gasteiger partial charge >= 0.3 is 5.97 Å². The van der Waals surface area contributed by atoms with E-state index in [0.717, 1.165) is 11.5 Å². The van der Waals surface area contributed by atoms with Crippen LogP contribution < -0.4 is 9.47 Å². The van der Waals surface area contributed by atoms with Gasteiger partial charge in [-0.05, 0) is 12.1 Å². The predicted molar refractivity (Wildman–Crippen MR) is 74.0 cm³/mol. The molecule has 0 aliphatic rings. The number of aromatic nitrogens is 2. The molecule has 0 saturated carbocycles. The molecule has 2 aromatic rings. The summed E-state index contributed by atoms with van der Waals surface area (Å²) in [5, 5.41) is 9.48. The molecule has 0 aliphatic heterocycles. The molecular weight excluding hydrogens is 280 g/mol. The Bertz CT molecular complexity index is 625. The first-order chi connectivity index (χ1) is 9.52.